The number of methoxy groups -OCH3 is 1. The fourth-order valence-electron chi connectivity index (χ4n) is 1.91. The Morgan fingerprint density at radius 1 is 1.53 bits per heavy atom. The van der Waals surface area contributed by atoms with Crippen molar-refractivity contribution in [2.45, 2.75) is 18.1 Å². The third kappa shape index (κ3) is 2.88. The summed E-state index contributed by atoms with van der Waals surface area (Å²) in [4.78, 5) is 4.13. The third-order valence-electron chi connectivity index (χ3n) is 2.95. The zero-order chi connectivity index (χ0) is 12.3. The standard InChI is InChI=1S/C11H16N2O3S/c1-16-9-4-5-11(12-7-9)13-8-10-3-2-6-17(10,14)15/h4-5,7,10H,2-3,6,8H2,1H3,(H,12,13). The molecule has 1 aromatic rings. The Kier molecular flexibility index (Phi) is 3.51. The molecule has 1 unspecified atom stereocenters. The van der Waals surface area contributed by atoms with Crippen LogP contribution in [0.15, 0.2) is 18.3 Å². The Morgan fingerprint density at radius 3 is 2.88 bits per heavy atom. The summed E-state index contributed by atoms with van der Waals surface area (Å²) in [6.07, 6.45) is 3.11. The zero-order valence-electron chi connectivity index (χ0n) is 9.72. The molecule has 2 rings (SSSR count). The molecule has 1 aromatic heterocycles. The highest BCUT2D eigenvalue weighted by Gasteiger charge is 2.30. The first kappa shape index (κ1) is 12.2. The number of sulfone groups is 1. The van der Waals surface area contributed by atoms with Crippen molar-refractivity contribution in [2.75, 3.05) is 24.7 Å². The minimum atomic E-state index is -2.89. The van der Waals surface area contributed by atoms with Gasteiger partial charge in [0.05, 0.1) is 24.3 Å². The van der Waals surface area contributed by atoms with Crippen molar-refractivity contribution in [1.29, 1.82) is 0 Å². The molecule has 1 fully saturated rings. The van der Waals surface area contributed by atoms with Crippen molar-refractivity contribution < 1.29 is 13.2 Å². The molecule has 1 atom stereocenters. The number of nitrogens with zero attached hydrogens (tertiary/aromatic N) is 1. The summed E-state index contributed by atoms with van der Waals surface area (Å²) in [7, 11) is -1.31. The van der Waals surface area contributed by atoms with Crippen molar-refractivity contribution in [3.8, 4) is 5.75 Å². The van der Waals surface area contributed by atoms with E-state index in [0.29, 0.717) is 23.9 Å². The summed E-state index contributed by atoms with van der Waals surface area (Å²) >= 11 is 0. The largest absolute Gasteiger partial charge is 0.495 e. The van der Waals surface area contributed by atoms with E-state index in [-0.39, 0.29) is 5.25 Å². The van der Waals surface area contributed by atoms with E-state index in [9.17, 15) is 8.42 Å². The summed E-state index contributed by atoms with van der Waals surface area (Å²) in [6.45, 7) is 0.432. The van der Waals surface area contributed by atoms with Crippen LogP contribution in [-0.2, 0) is 9.84 Å². The number of hydrogen-bond acceptors (Lipinski definition) is 5. The number of ether oxygens (including phenoxy) is 1. The van der Waals surface area contributed by atoms with E-state index in [0.717, 1.165) is 12.8 Å². The predicted molar refractivity (Wildman–Crippen MR) is 66.1 cm³/mol. The molecule has 6 heteroatoms. The fourth-order valence-corrected chi connectivity index (χ4v) is 3.68. The van der Waals surface area contributed by atoms with Gasteiger partial charge in [-0.1, -0.05) is 0 Å². The van der Waals surface area contributed by atoms with Gasteiger partial charge in [0.25, 0.3) is 0 Å². The van der Waals surface area contributed by atoms with Gasteiger partial charge in [-0.15, -0.1) is 0 Å². The minimum Gasteiger partial charge on any atom is -0.495 e. The van der Waals surface area contributed by atoms with Crippen LogP contribution < -0.4 is 10.1 Å². The molecule has 1 aliphatic rings. The summed E-state index contributed by atoms with van der Waals surface area (Å²) in [5.74, 6) is 1.67. The molecule has 0 aliphatic carbocycles. The highest BCUT2D eigenvalue weighted by molar-refractivity contribution is 7.92. The van der Waals surface area contributed by atoms with Crippen LogP contribution in [0.2, 0.25) is 0 Å². The molecule has 0 bridgehead atoms. The van der Waals surface area contributed by atoms with E-state index in [1.54, 1.807) is 25.4 Å². The van der Waals surface area contributed by atoms with Crippen LogP contribution in [0.25, 0.3) is 0 Å². The van der Waals surface area contributed by atoms with Crippen molar-refractivity contribution >= 4 is 15.7 Å². The maximum absolute atomic E-state index is 11.6. The second-order valence-corrected chi connectivity index (χ2v) is 6.50. The van der Waals surface area contributed by atoms with Gasteiger partial charge in [-0.3, -0.25) is 0 Å². The van der Waals surface area contributed by atoms with E-state index in [2.05, 4.69) is 10.3 Å². The molecule has 94 valence electrons. The molecule has 0 radical (unpaired) electrons. The molecule has 17 heavy (non-hydrogen) atoms. The Balaban J connectivity index is 1.93. The molecule has 1 N–H and O–H groups in total. The normalized spacial score (nSPS) is 22.3. The molecule has 1 saturated heterocycles. The number of anilines is 1. The quantitative estimate of drug-likeness (QED) is 0.873. The highest BCUT2D eigenvalue weighted by Crippen LogP contribution is 2.20. The molecule has 2 heterocycles. The maximum atomic E-state index is 11.6. The van der Waals surface area contributed by atoms with E-state index in [1.807, 2.05) is 0 Å². The van der Waals surface area contributed by atoms with Gasteiger partial charge in [-0.25, -0.2) is 13.4 Å². The lowest BCUT2D eigenvalue weighted by molar-refractivity contribution is 0.413. The Hall–Kier alpha value is -1.30. The monoisotopic (exact) mass is 256 g/mol. The topological polar surface area (TPSA) is 68.3 Å². The first-order chi connectivity index (χ1) is 8.12. The van der Waals surface area contributed by atoms with Crippen LogP contribution in [-0.4, -0.2) is 38.1 Å². The second kappa shape index (κ2) is 4.91. The van der Waals surface area contributed by atoms with Gasteiger partial charge in [-0.2, -0.15) is 0 Å². The minimum absolute atomic E-state index is 0.272. The molecule has 5 nitrogen and oxygen atoms in total. The van der Waals surface area contributed by atoms with Crippen molar-refractivity contribution in [1.82, 2.24) is 4.98 Å². The molecular formula is C11H16N2O3S. The Labute approximate surface area is 101 Å². The van der Waals surface area contributed by atoms with Gasteiger partial charge >= 0.3 is 0 Å². The van der Waals surface area contributed by atoms with Gasteiger partial charge in [0, 0.05) is 6.54 Å². The number of hydrogen-bond donors (Lipinski definition) is 1. The first-order valence-electron chi connectivity index (χ1n) is 5.57. The highest BCUT2D eigenvalue weighted by atomic mass is 32.2. The number of pyridine rings is 1. The van der Waals surface area contributed by atoms with Crippen LogP contribution >= 0.6 is 0 Å². The number of nitrogens with one attached hydrogen (secondary N) is 1. The van der Waals surface area contributed by atoms with Crippen molar-refractivity contribution in [3.63, 3.8) is 0 Å². The lowest BCUT2D eigenvalue weighted by Gasteiger charge is -2.11. The number of rotatable bonds is 4. The van der Waals surface area contributed by atoms with Gasteiger partial charge in [-0.05, 0) is 25.0 Å². The van der Waals surface area contributed by atoms with Crippen LogP contribution in [0.3, 0.4) is 0 Å². The Bertz CT molecular complexity index is 470. The maximum Gasteiger partial charge on any atom is 0.154 e. The molecule has 1 aliphatic heterocycles. The van der Waals surface area contributed by atoms with E-state index >= 15 is 0 Å². The average Bonchev–Trinajstić information content (AvgIpc) is 2.66. The van der Waals surface area contributed by atoms with E-state index < -0.39 is 9.84 Å². The predicted octanol–water partition coefficient (Wildman–Crippen LogP) is 1.08. The van der Waals surface area contributed by atoms with Crippen LogP contribution in [0, 0.1) is 0 Å². The third-order valence-corrected chi connectivity index (χ3v) is 5.22. The van der Waals surface area contributed by atoms with E-state index in [1.165, 1.54) is 0 Å². The SMILES string of the molecule is COc1ccc(NCC2CCCS2(=O)=O)nc1. The summed E-state index contributed by atoms with van der Waals surface area (Å²) in [6, 6.07) is 3.57. The average molecular weight is 256 g/mol. The summed E-state index contributed by atoms with van der Waals surface area (Å²) < 4.78 is 28.2. The van der Waals surface area contributed by atoms with Gasteiger partial charge in [0.15, 0.2) is 9.84 Å². The molecule has 0 spiro atoms. The van der Waals surface area contributed by atoms with Gasteiger partial charge < -0.3 is 10.1 Å². The smallest absolute Gasteiger partial charge is 0.154 e. The van der Waals surface area contributed by atoms with Crippen molar-refractivity contribution in [3.05, 3.63) is 18.3 Å². The van der Waals surface area contributed by atoms with Crippen LogP contribution in [0.1, 0.15) is 12.8 Å². The molecule has 0 saturated carbocycles. The molecular weight excluding hydrogens is 240 g/mol. The van der Waals surface area contributed by atoms with Crippen LogP contribution in [0.5, 0.6) is 5.75 Å². The lowest BCUT2D eigenvalue weighted by atomic mass is 10.2. The molecule has 0 aromatic carbocycles. The lowest BCUT2D eigenvalue weighted by Crippen LogP contribution is -2.25. The number of aromatic nitrogens is 1. The van der Waals surface area contributed by atoms with E-state index in [4.69, 9.17) is 4.74 Å². The van der Waals surface area contributed by atoms with Crippen LogP contribution in [0.4, 0.5) is 5.82 Å². The Morgan fingerprint density at radius 2 is 2.35 bits per heavy atom. The first-order valence-corrected chi connectivity index (χ1v) is 7.29. The molecule has 0 amide bonds. The fraction of sp³-hybridized carbons (Fsp3) is 0.545. The van der Waals surface area contributed by atoms with Crippen molar-refractivity contribution in [2.24, 2.45) is 0 Å². The summed E-state index contributed by atoms with van der Waals surface area (Å²) in [5, 5.41) is 2.78. The van der Waals surface area contributed by atoms with Gasteiger partial charge in [0.1, 0.15) is 11.6 Å². The summed E-state index contributed by atoms with van der Waals surface area (Å²) in [5.41, 5.74) is 0. The second-order valence-electron chi connectivity index (χ2n) is 4.10. The zero-order valence-corrected chi connectivity index (χ0v) is 10.5. The van der Waals surface area contributed by atoms with Gasteiger partial charge in [0.2, 0.25) is 0 Å².